The molecule has 0 radical (unpaired) electrons. The third-order valence-electron chi connectivity index (χ3n) is 3.53. The number of rotatable bonds is 5. The SMILES string of the molecule is CN(C)c1ccc(N=Nc2ccc(N=Cc3ccccn3)cc2)cc1. The molecule has 0 atom stereocenters. The van der Waals surface area contributed by atoms with E-state index in [2.05, 4.69) is 20.2 Å². The number of hydrogen-bond donors (Lipinski definition) is 0. The van der Waals surface area contributed by atoms with Crippen LogP contribution in [0.1, 0.15) is 5.69 Å². The molecule has 0 bridgehead atoms. The van der Waals surface area contributed by atoms with Gasteiger partial charge < -0.3 is 4.90 Å². The summed E-state index contributed by atoms with van der Waals surface area (Å²) in [5.41, 5.74) is 4.41. The lowest BCUT2D eigenvalue weighted by atomic mass is 10.3. The second kappa shape index (κ2) is 7.97. The van der Waals surface area contributed by atoms with Crippen LogP contribution in [0.2, 0.25) is 0 Å². The van der Waals surface area contributed by atoms with Gasteiger partial charge in [0.1, 0.15) is 0 Å². The minimum absolute atomic E-state index is 0.786. The van der Waals surface area contributed by atoms with Crippen LogP contribution in [-0.4, -0.2) is 25.3 Å². The number of nitrogens with zero attached hydrogens (tertiary/aromatic N) is 5. The van der Waals surface area contributed by atoms with Crippen molar-refractivity contribution in [1.82, 2.24) is 4.98 Å². The van der Waals surface area contributed by atoms with Crippen LogP contribution in [0.4, 0.5) is 22.7 Å². The second-order valence-corrected chi connectivity index (χ2v) is 5.64. The molecule has 3 rings (SSSR count). The van der Waals surface area contributed by atoms with E-state index in [1.165, 1.54) is 0 Å². The van der Waals surface area contributed by atoms with Crippen molar-refractivity contribution in [3.63, 3.8) is 0 Å². The van der Waals surface area contributed by atoms with E-state index in [4.69, 9.17) is 0 Å². The Morgan fingerprint density at radius 2 is 1.36 bits per heavy atom. The maximum Gasteiger partial charge on any atom is 0.0858 e. The number of anilines is 1. The lowest BCUT2D eigenvalue weighted by Crippen LogP contribution is -2.07. The van der Waals surface area contributed by atoms with Crippen molar-refractivity contribution >= 4 is 29.0 Å². The standard InChI is InChI=1S/C20H19N5/c1-25(2)20-12-10-18(11-13-20)24-23-17-8-6-16(7-9-17)22-15-19-5-3-4-14-21-19/h3-15H,1-2H3. The number of hydrogen-bond acceptors (Lipinski definition) is 5. The Morgan fingerprint density at radius 1 is 0.760 bits per heavy atom. The Morgan fingerprint density at radius 3 is 1.92 bits per heavy atom. The van der Waals surface area contributed by atoms with Crippen molar-refractivity contribution in [3.05, 3.63) is 78.6 Å². The van der Waals surface area contributed by atoms with E-state index in [9.17, 15) is 0 Å². The summed E-state index contributed by atoms with van der Waals surface area (Å²) < 4.78 is 0. The fraction of sp³-hybridized carbons (Fsp3) is 0.100. The number of pyridine rings is 1. The molecule has 25 heavy (non-hydrogen) atoms. The third kappa shape index (κ3) is 4.81. The maximum atomic E-state index is 4.40. The topological polar surface area (TPSA) is 53.2 Å². The van der Waals surface area contributed by atoms with Crippen LogP contribution in [-0.2, 0) is 0 Å². The van der Waals surface area contributed by atoms with Gasteiger partial charge in [-0.25, -0.2) is 0 Å². The minimum Gasteiger partial charge on any atom is -0.378 e. The lowest BCUT2D eigenvalue weighted by molar-refractivity contribution is 1.13. The summed E-state index contributed by atoms with van der Waals surface area (Å²) in [6, 6.07) is 21.3. The summed E-state index contributed by atoms with van der Waals surface area (Å²) in [4.78, 5) is 10.6. The van der Waals surface area contributed by atoms with Crippen molar-refractivity contribution in [2.24, 2.45) is 15.2 Å². The number of aliphatic imine (C=N–C) groups is 1. The Balaban J connectivity index is 1.65. The molecule has 1 heterocycles. The van der Waals surface area contributed by atoms with Crippen LogP contribution in [0.5, 0.6) is 0 Å². The molecule has 0 saturated carbocycles. The van der Waals surface area contributed by atoms with E-state index < -0.39 is 0 Å². The molecule has 3 aromatic rings. The van der Waals surface area contributed by atoms with E-state index >= 15 is 0 Å². The zero-order chi connectivity index (χ0) is 17.5. The van der Waals surface area contributed by atoms with Crippen LogP contribution in [0.3, 0.4) is 0 Å². The summed E-state index contributed by atoms with van der Waals surface area (Å²) in [6.45, 7) is 0. The summed E-state index contributed by atoms with van der Waals surface area (Å²) in [7, 11) is 4.02. The fourth-order valence-corrected chi connectivity index (χ4v) is 2.13. The molecule has 0 amide bonds. The zero-order valence-electron chi connectivity index (χ0n) is 14.2. The molecule has 0 saturated heterocycles. The van der Waals surface area contributed by atoms with Gasteiger partial charge in [0.15, 0.2) is 0 Å². The highest BCUT2D eigenvalue weighted by molar-refractivity contribution is 5.79. The van der Waals surface area contributed by atoms with Gasteiger partial charge in [-0.1, -0.05) is 6.07 Å². The van der Waals surface area contributed by atoms with Gasteiger partial charge in [-0.3, -0.25) is 9.98 Å². The second-order valence-electron chi connectivity index (χ2n) is 5.64. The van der Waals surface area contributed by atoms with Gasteiger partial charge in [0.25, 0.3) is 0 Å². The van der Waals surface area contributed by atoms with Gasteiger partial charge in [0.05, 0.1) is 29.0 Å². The van der Waals surface area contributed by atoms with E-state index in [0.717, 1.165) is 28.4 Å². The third-order valence-corrected chi connectivity index (χ3v) is 3.53. The molecule has 0 aliphatic rings. The highest BCUT2D eigenvalue weighted by Gasteiger charge is 1.96. The largest absolute Gasteiger partial charge is 0.378 e. The highest BCUT2D eigenvalue weighted by Crippen LogP contribution is 2.23. The van der Waals surface area contributed by atoms with Crippen LogP contribution in [0, 0.1) is 0 Å². The molecule has 0 aliphatic heterocycles. The van der Waals surface area contributed by atoms with Gasteiger partial charge in [0.2, 0.25) is 0 Å². The Hall–Kier alpha value is -3.34. The van der Waals surface area contributed by atoms with Gasteiger partial charge in [0, 0.05) is 26.0 Å². The monoisotopic (exact) mass is 329 g/mol. The number of azo groups is 1. The van der Waals surface area contributed by atoms with Crippen molar-refractivity contribution in [3.8, 4) is 0 Å². The first-order chi connectivity index (χ1) is 12.2. The first-order valence-corrected chi connectivity index (χ1v) is 7.95. The first kappa shape index (κ1) is 16.5. The van der Waals surface area contributed by atoms with Crippen molar-refractivity contribution < 1.29 is 0 Å². The van der Waals surface area contributed by atoms with E-state index in [-0.39, 0.29) is 0 Å². The van der Waals surface area contributed by atoms with Gasteiger partial charge >= 0.3 is 0 Å². The molecule has 5 nitrogen and oxygen atoms in total. The minimum atomic E-state index is 0.786. The summed E-state index contributed by atoms with van der Waals surface area (Å²) in [5, 5.41) is 8.52. The maximum absolute atomic E-state index is 4.40. The Kier molecular flexibility index (Phi) is 5.26. The van der Waals surface area contributed by atoms with Crippen molar-refractivity contribution in [1.29, 1.82) is 0 Å². The quantitative estimate of drug-likeness (QED) is 0.470. The summed E-state index contributed by atoms with van der Waals surface area (Å²) in [5.74, 6) is 0. The van der Waals surface area contributed by atoms with Crippen LogP contribution >= 0.6 is 0 Å². The smallest absolute Gasteiger partial charge is 0.0858 e. The van der Waals surface area contributed by atoms with E-state index in [0.29, 0.717) is 0 Å². The molecule has 0 spiro atoms. The van der Waals surface area contributed by atoms with Gasteiger partial charge in [-0.15, -0.1) is 0 Å². The average Bonchev–Trinajstić information content (AvgIpc) is 2.67. The molecule has 2 aromatic carbocycles. The van der Waals surface area contributed by atoms with Gasteiger partial charge in [-0.05, 0) is 60.7 Å². The molecule has 0 fully saturated rings. The van der Waals surface area contributed by atoms with Crippen LogP contribution < -0.4 is 4.90 Å². The van der Waals surface area contributed by atoms with Crippen LogP contribution in [0.15, 0.2) is 88.1 Å². The van der Waals surface area contributed by atoms with E-state index in [1.54, 1.807) is 12.4 Å². The lowest BCUT2D eigenvalue weighted by Gasteiger charge is -2.11. The molecule has 0 N–H and O–H groups in total. The number of benzene rings is 2. The molecular formula is C20H19N5. The van der Waals surface area contributed by atoms with Crippen molar-refractivity contribution in [2.45, 2.75) is 0 Å². The predicted molar refractivity (Wildman–Crippen MR) is 103 cm³/mol. The van der Waals surface area contributed by atoms with Gasteiger partial charge in [-0.2, -0.15) is 10.2 Å². The van der Waals surface area contributed by atoms with E-state index in [1.807, 2.05) is 85.7 Å². The highest BCUT2D eigenvalue weighted by atomic mass is 15.1. The number of aromatic nitrogens is 1. The fourth-order valence-electron chi connectivity index (χ4n) is 2.13. The van der Waals surface area contributed by atoms with Crippen molar-refractivity contribution in [2.75, 3.05) is 19.0 Å². The summed E-state index contributed by atoms with van der Waals surface area (Å²) >= 11 is 0. The molecule has 5 heteroatoms. The molecule has 0 unspecified atom stereocenters. The molecule has 1 aromatic heterocycles. The Bertz CT molecular complexity index is 851. The molecular weight excluding hydrogens is 310 g/mol. The normalized spacial score (nSPS) is 11.3. The zero-order valence-corrected chi connectivity index (χ0v) is 14.2. The Labute approximate surface area is 147 Å². The summed E-state index contributed by atoms with van der Waals surface area (Å²) in [6.07, 6.45) is 3.48. The molecule has 124 valence electrons. The first-order valence-electron chi connectivity index (χ1n) is 7.95. The van der Waals surface area contributed by atoms with Crippen LogP contribution in [0.25, 0.3) is 0 Å². The average molecular weight is 329 g/mol. The molecule has 0 aliphatic carbocycles. The predicted octanol–water partition coefficient (Wildman–Crippen LogP) is 5.31.